The molecule has 0 unspecified atom stereocenters. The number of Topliss-reactive ketones (excluding diaryl/α,β-unsaturated/α-hetero) is 1. The number of carbonyl (C=O) groups is 3. The van der Waals surface area contributed by atoms with E-state index in [1.807, 2.05) is 30.3 Å². The third-order valence-electron chi connectivity index (χ3n) is 3.60. The molecule has 1 spiro atoms. The largest absolute Gasteiger partial charge is 0.357 e. The van der Waals surface area contributed by atoms with Gasteiger partial charge in [0.15, 0.2) is 5.78 Å². The molecule has 1 aromatic rings. The lowest BCUT2D eigenvalue weighted by Crippen LogP contribution is -2.44. The summed E-state index contributed by atoms with van der Waals surface area (Å²) in [7, 11) is 0. The van der Waals surface area contributed by atoms with Crippen molar-refractivity contribution in [1.82, 2.24) is 4.90 Å². The molecule has 98 valence electrons. The highest BCUT2D eigenvalue weighted by Gasteiger charge is 2.59. The highest BCUT2D eigenvalue weighted by molar-refractivity contribution is 6.21. The normalized spacial score (nSPS) is 26.7. The van der Waals surface area contributed by atoms with Crippen LogP contribution in [0.5, 0.6) is 0 Å². The second kappa shape index (κ2) is 4.28. The standard InChI is InChI=1S/C14H13NO4/c16-11-6-7-19-14(11)8-12(17)15(13(14)18)9-10-4-2-1-3-5-10/h1-5H,6-9H2/t14-/m1/s1. The van der Waals surface area contributed by atoms with Crippen LogP contribution in [0.15, 0.2) is 30.3 Å². The quantitative estimate of drug-likeness (QED) is 0.578. The van der Waals surface area contributed by atoms with Crippen molar-refractivity contribution < 1.29 is 19.1 Å². The SMILES string of the molecule is O=C1C[C@]2(OCCC2=O)C(=O)N1Cc1ccccc1. The van der Waals surface area contributed by atoms with E-state index in [1.54, 1.807) is 0 Å². The molecule has 2 heterocycles. The van der Waals surface area contributed by atoms with E-state index >= 15 is 0 Å². The molecule has 2 fully saturated rings. The predicted octanol–water partition coefficient (Wildman–Crippen LogP) is 0.674. The van der Waals surface area contributed by atoms with Gasteiger partial charge in [-0.2, -0.15) is 0 Å². The molecule has 0 saturated carbocycles. The van der Waals surface area contributed by atoms with E-state index in [9.17, 15) is 14.4 Å². The van der Waals surface area contributed by atoms with Gasteiger partial charge in [0.25, 0.3) is 5.91 Å². The zero-order chi connectivity index (χ0) is 13.5. The Morgan fingerprint density at radius 3 is 2.53 bits per heavy atom. The molecule has 2 amide bonds. The third-order valence-corrected chi connectivity index (χ3v) is 3.60. The molecule has 5 nitrogen and oxygen atoms in total. The molecule has 2 aliphatic heterocycles. The van der Waals surface area contributed by atoms with Crippen molar-refractivity contribution >= 4 is 17.6 Å². The molecular formula is C14H13NO4. The Labute approximate surface area is 110 Å². The predicted molar refractivity (Wildman–Crippen MR) is 64.9 cm³/mol. The van der Waals surface area contributed by atoms with Crippen LogP contribution in [0, 0.1) is 0 Å². The molecule has 5 heteroatoms. The summed E-state index contributed by atoms with van der Waals surface area (Å²) >= 11 is 0. The van der Waals surface area contributed by atoms with E-state index in [0.717, 1.165) is 10.5 Å². The number of ether oxygens (including phenoxy) is 1. The number of rotatable bonds is 2. The lowest BCUT2D eigenvalue weighted by Gasteiger charge is -2.19. The second-order valence-corrected chi connectivity index (χ2v) is 4.80. The Hall–Kier alpha value is -2.01. The first-order chi connectivity index (χ1) is 9.13. The molecule has 19 heavy (non-hydrogen) atoms. The summed E-state index contributed by atoms with van der Waals surface area (Å²) in [5.41, 5.74) is -0.669. The first-order valence-corrected chi connectivity index (χ1v) is 6.19. The molecule has 0 aromatic heterocycles. The van der Waals surface area contributed by atoms with Crippen LogP contribution >= 0.6 is 0 Å². The molecule has 0 bridgehead atoms. The van der Waals surface area contributed by atoms with Gasteiger partial charge in [0.1, 0.15) is 0 Å². The third kappa shape index (κ3) is 1.77. The lowest BCUT2D eigenvalue weighted by atomic mass is 9.97. The molecule has 2 saturated heterocycles. The number of benzene rings is 1. The van der Waals surface area contributed by atoms with Crippen molar-refractivity contribution in [3.63, 3.8) is 0 Å². The first kappa shape index (κ1) is 12.0. The van der Waals surface area contributed by atoms with Crippen molar-refractivity contribution in [1.29, 1.82) is 0 Å². The Kier molecular flexibility index (Phi) is 2.71. The van der Waals surface area contributed by atoms with Gasteiger partial charge >= 0.3 is 0 Å². The van der Waals surface area contributed by atoms with E-state index < -0.39 is 11.5 Å². The van der Waals surface area contributed by atoms with Gasteiger partial charge < -0.3 is 4.74 Å². The molecule has 1 aromatic carbocycles. The van der Waals surface area contributed by atoms with E-state index in [0.29, 0.717) is 0 Å². The number of amides is 2. The van der Waals surface area contributed by atoms with Crippen LogP contribution in [0.1, 0.15) is 18.4 Å². The minimum Gasteiger partial charge on any atom is -0.357 e. The lowest BCUT2D eigenvalue weighted by molar-refractivity contribution is -0.151. The number of likely N-dealkylation sites (tertiary alicyclic amines) is 1. The maximum absolute atomic E-state index is 12.3. The highest BCUT2D eigenvalue weighted by Crippen LogP contribution is 2.35. The van der Waals surface area contributed by atoms with E-state index in [2.05, 4.69) is 0 Å². The fourth-order valence-corrected chi connectivity index (χ4v) is 2.57. The van der Waals surface area contributed by atoms with Crippen LogP contribution < -0.4 is 0 Å². The zero-order valence-electron chi connectivity index (χ0n) is 10.3. The minimum atomic E-state index is -1.52. The zero-order valence-corrected chi connectivity index (χ0v) is 10.3. The Morgan fingerprint density at radius 2 is 1.89 bits per heavy atom. The van der Waals surface area contributed by atoms with E-state index in [-0.39, 0.29) is 37.7 Å². The number of nitrogens with zero attached hydrogens (tertiary/aromatic N) is 1. The van der Waals surface area contributed by atoms with Crippen molar-refractivity contribution in [3.05, 3.63) is 35.9 Å². The highest BCUT2D eigenvalue weighted by atomic mass is 16.5. The van der Waals surface area contributed by atoms with Crippen molar-refractivity contribution in [2.45, 2.75) is 25.0 Å². The minimum absolute atomic E-state index is 0.155. The molecule has 1 atom stereocenters. The molecule has 2 aliphatic rings. The molecule has 0 aliphatic carbocycles. The van der Waals surface area contributed by atoms with Crippen LogP contribution in [0.2, 0.25) is 0 Å². The van der Waals surface area contributed by atoms with Crippen LogP contribution in [0.4, 0.5) is 0 Å². The van der Waals surface area contributed by atoms with Crippen LogP contribution in [-0.2, 0) is 25.7 Å². The Balaban J connectivity index is 1.86. The molecular weight excluding hydrogens is 246 g/mol. The Morgan fingerprint density at radius 1 is 1.16 bits per heavy atom. The summed E-state index contributed by atoms with van der Waals surface area (Å²) in [5, 5.41) is 0. The fraction of sp³-hybridized carbons (Fsp3) is 0.357. The van der Waals surface area contributed by atoms with Gasteiger partial charge in [0.05, 0.1) is 19.6 Å². The van der Waals surface area contributed by atoms with Crippen molar-refractivity contribution in [2.75, 3.05) is 6.61 Å². The van der Waals surface area contributed by atoms with Gasteiger partial charge in [0, 0.05) is 6.42 Å². The first-order valence-electron chi connectivity index (χ1n) is 6.19. The number of hydrogen-bond acceptors (Lipinski definition) is 4. The van der Waals surface area contributed by atoms with Gasteiger partial charge in [-0.1, -0.05) is 30.3 Å². The second-order valence-electron chi connectivity index (χ2n) is 4.80. The number of imide groups is 1. The van der Waals surface area contributed by atoms with Gasteiger partial charge in [-0.05, 0) is 5.56 Å². The number of ketones is 1. The topological polar surface area (TPSA) is 63.7 Å². The van der Waals surface area contributed by atoms with Crippen LogP contribution in [-0.4, -0.2) is 34.7 Å². The van der Waals surface area contributed by atoms with E-state index in [4.69, 9.17) is 4.74 Å². The summed E-state index contributed by atoms with van der Waals surface area (Å²) in [6.07, 6.45) is 0.0513. The summed E-state index contributed by atoms with van der Waals surface area (Å²) in [6, 6.07) is 9.22. The Bertz CT molecular complexity index is 554. The fourth-order valence-electron chi connectivity index (χ4n) is 2.57. The summed E-state index contributed by atoms with van der Waals surface area (Å²) in [4.78, 5) is 37.2. The average Bonchev–Trinajstić information content (AvgIpc) is 2.88. The molecule has 0 N–H and O–H groups in total. The summed E-state index contributed by atoms with van der Waals surface area (Å²) < 4.78 is 5.30. The van der Waals surface area contributed by atoms with Crippen molar-refractivity contribution in [3.8, 4) is 0 Å². The van der Waals surface area contributed by atoms with Gasteiger partial charge in [-0.15, -0.1) is 0 Å². The number of carbonyl (C=O) groups excluding carboxylic acids is 3. The molecule has 3 rings (SSSR count). The number of hydrogen-bond donors (Lipinski definition) is 0. The average molecular weight is 259 g/mol. The summed E-state index contributed by atoms with van der Waals surface area (Å²) in [5.74, 6) is -1.13. The van der Waals surface area contributed by atoms with Gasteiger partial charge in [-0.3, -0.25) is 19.3 Å². The maximum Gasteiger partial charge on any atom is 0.270 e. The maximum atomic E-state index is 12.3. The monoisotopic (exact) mass is 259 g/mol. The van der Waals surface area contributed by atoms with Gasteiger partial charge in [-0.25, -0.2) is 0 Å². The molecule has 0 radical (unpaired) electrons. The van der Waals surface area contributed by atoms with Crippen LogP contribution in [0.3, 0.4) is 0 Å². The van der Waals surface area contributed by atoms with Gasteiger partial charge in [0.2, 0.25) is 11.5 Å². The summed E-state index contributed by atoms with van der Waals surface area (Å²) in [6.45, 7) is 0.411. The smallest absolute Gasteiger partial charge is 0.270 e. The van der Waals surface area contributed by atoms with E-state index in [1.165, 1.54) is 0 Å². The van der Waals surface area contributed by atoms with Crippen molar-refractivity contribution in [2.24, 2.45) is 0 Å². The van der Waals surface area contributed by atoms with Crippen LogP contribution in [0.25, 0.3) is 0 Å².